The number of nitrogens with zero attached hydrogens (tertiary/aromatic N) is 2. The van der Waals surface area contributed by atoms with Crippen molar-refractivity contribution in [2.45, 2.75) is 12.5 Å². The van der Waals surface area contributed by atoms with Gasteiger partial charge in [0.2, 0.25) is 5.91 Å². The number of methoxy groups -OCH3 is 1. The van der Waals surface area contributed by atoms with Gasteiger partial charge in [0.1, 0.15) is 5.75 Å². The van der Waals surface area contributed by atoms with Gasteiger partial charge in [-0.05, 0) is 37.2 Å². The molecule has 1 atom stereocenters. The zero-order chi connectivity index (χ0) is 16.1. The third kappa shape index (κ3) is 4.43. The van der Waals surface area contributed by atoms with E-state index in [9.17, 15) is 4.79 Å². The van der Waals surface area contributed by atoms with Crippen molar-refractivity contribution in [2.24, 2.45) is 0 Å². The van der Waals surface area contributed by atoms with E-state index in [0.29, 0.717) is 12.6 Å². The van der Waals surface area contributed by atoms with Crippen LogP contribution in [0, 0.1) is 0 Å². The van der Waals surface area contributed by atoms with E-state index in [4.69, 9.17) is 4.74 Å². The molecule has 0 bridgehead atoms. The Kier molecular flexibility index (Phi) is 5.48. The normalized spacial score (nSPS) is 22.9. The number of carbonyl (C=O) groups excluding carboxylic acids is 1. The Bertz CT molecular complexity index is 506. The first-order valence-electron chi connectivity index (χ1n) is 8.35. The van der Waals surface area contributed by atoms with Crippen molar-refractivity contribution >= 4 is 11.6 Å². The van der Waals surface area contributed by atoms with Gasteiger partial charge in [-0.2, -0.15) is 0 Å². The Morgan fingerprint density at radius 3 is 2.61 bits per heavy atom. The number of anilines is 1. The Hall–Kier alpha value is -1.63. The average Bonchev–Trinajstić information content (AvgIpc) is 3.11. The molecular weight excluding hydrogens is 292 g/mol. The number of hydrogen-bond acceptors (Lipinski definition) is 5. The number of ether oxygens (including phenoxy) is 1. The molecule has 2 N–H and O–H groups in total. The molecule has 0 radical (unpaired) electrons. The zero-order valence-electron chi connectivity index (χ0n) is 13.8. The number of hydrogen-bond donors (Lipinski definition) is 2. The van der Waals surface area contributed by atoms with Gasteiger partial charge in [-0.3, -0.25) is 14.6 Å². The van der Waals surface area contributed by atoms with Crippen LogP contribution in [0.4, 0.5) is 5.69 Å². The molecule has 2 aliphatic rings. The molecule has 6 heteroatoms. The van der Waals surface area contributed by atoms with Gasteiger partial charge in [-0.25, -0.2) is 0 Å². The maximum absolute atomic E-state index is 12.2. The third-order valence-corrected chi connectivity index (χ3v) is 4.70. The van der Waals surface area contributed by atoms with Crippen molar-refractivity contribution in [1.29, 1.82) is 0 Å². The molecular formula is C17H26N4O2. The van der Waals surface area contributed by atoms with Crippen LogP contribution in [0.5, 0.6) is 5.75 Å². The maximum Gasteiger partial charge on any atom is 0.238 e. The molecule has 1 aromatic rings. The summed E-state index contributed by atoms with van der Waals surface area (Å²) < 4.78 is 5.12. The first-order valence-corrected chi connectivity index (χ1v) is 8.35. The van der Waals surface area contributed by atoms with E-state index in [1.165, 1.54) is 6.42 Å². The van der Waals surface area contributed by atoms with E-state index >= 15 is 0 Å². The summed E-state index contributed by atoms with van der Waals surface area (Å²) in [4.78, 5) is 17.0. The zero-order valence-corrected chi connectivity index (χ0v) is 13.8. The van der Waals surface area contributed by atoms with Crippen LogP contribution < -0.4 is 15.4 Å². The van der Waals surface area contributed by atoms with Crippen LogP contribution in [0.15, 0.2) is 24.3 Å². The monoisotopic (exact) mass is 318 g/mol. The highest BCUT2D eigenvalue weighted by Crippen LogP contribution is 2.15. The maximum atomic E-state index is 12.2. The van der Waals surface area contributed by atoms with Gasteiger partial charge in [-0.15, -0.1) is 0 Å². The highest BCUT2D eigenvalue weighted by molar-refractivity contribution is 5.92. The molecule has 3 rings (SSSR count). The summed E-state index contributed by atoms with van der Waals surface area (Å²) in [5.74, 6) is 0.840. The highest BCUT2D eigenvalue weighted by atomic mass is 16.5. The molecule has 2 fully saturated rings. The number of carbonyl (C=O) groups is 1. The summed E-state index contributed by atoms with van der Waals surface area (Å²) in [5, 5.41) is 6.37. The quantitative estimate of drug-likeness (QED) is 0.833. The van der Waals surface area contributed by atoms with Crippen molar-refractivity contribution in [2.75, 3.05) is 58.2 Å². The van der Waals surface area contributed by atoms with E-state index in [1.54, 1.807) is 7.11 Å². The molecule has 0 spiro atoms. The van der Waals surface area contributed by atoms with Gasteiger partial charge >= 0.3 is 0 Å². The lowest BCUT2D eigenvalue weighted by molar-refractivity contribution is -0.117. The predicted molar refractivity (Wildman–Crippen MR) is 90.9 cm³/mol. The van der Waals surface area contributed by atoms with E-state index in [-0.39, 0.29) is 5.91 Å². The van der Waals surface area contributed by atoms with E-state index < -0.39 is 0 Å². The van der Waals surface area contributed by atoms with Gasteiger partial charge in [0, 0.05) is 44.5 Å². The lowest BCUT2D eigenvalue weighted by Gasteiger charge is -2.37. The lowest BCUT2D eigenvalue weighted by Crippen LogP contribution is -2.52. The summed E-state index contributed by atoms with van der Waals surface area (Å²) in [7, 11) is 1.63. The van der Waals surface area contributed by atoms with Crippen molar-refractivity contribution in [3.05, 3.63) is 24.3 Å². The van der Waals surface area contributed by atoms with Crippen LogP contribution in [0.2, 0.25) is 0 Å². The van der Waals surface area contributed by atoms with Gasteiger partial charge in [0.05, 0.1) is 13.7 Å². The fourth-order valence-electron chi connectivity index (χ4n) is 3.32. The van der Waals surface area contributed by atoms with Gasteiger partial charge in [-0.1, -0.05) is 0 Å². The van der Waals surface area contributed by atoms with Crippen molar-refractivity contribution in [3.63, 3.8) is 0 Å². The Balaban J connectivity index is 1.41. The van der Waals surface area contributed by atoms with Crippen molar-refractivity contribution < 1.29 is 9.53 Å². The molecule has 0 saturated carbocycles. The molecule has 0 aliphatic carbocycles. The standard InChI is InChI=1S/C17H26N4O2/c1-23-16-4-2-14(3-5-16)19-17(22)13-20-8-10-21(11-9-20)15-6-7-18-12-15/h2-5,15,18H,6-13H2,1H3,(H,19,22). The van der Waals surface area contributed by atoms with Crippen LogP contribution >= 0.6 is 0 Å². The van der Waals surface area contributed by atoms with Crippen LogP contribution in [-0.4, -0.2) is 74.7 Å². The number of nitrogens with one attached hydrogen (secondary N) is 2. The third-order valence-electron chi connectivity index (χ3n) is 4.70. The van der Waals surface area contributed by atoms with Crippen LogP contribution in [-0.2, 0) is 4.79 Å². The van der Waals surface area contributed by atoms with Gasteiger partial charge in [0.15, 0.2) is 0 Å². The minimum atomic E-state index is 0.0474. The second-order valence-corrected chi connectivity index (χ2v) is 6.24. The largest absolute Gasteiger partial charge is 0.497 e. The molecule has 2 saturated heterocycles. The van der Waals surface area contributed by atoms with Gasteiger partial charge in [0.25, 0.3) is 0 Å². The van der Waals surface area contributed by atoms with E-state index in [2.05, 4.69) is 20.4 Å². The highest BCUT2D eigenvalue weighted by Gasteiger charge is 2.26. The summed E-state index contributed by atoms with van der Waals surface area (Å²) >= 11 is 0. The molecule has 1 aromatic carbocycles. The molecule has 6 nitrogen and oxygen atoms in total. The molecule has 126 valence electrons. The van der Waals surface area contributed by atoms with Crippen LogP contribution in [0.1, 0.15) is 6.42 Å². The minimum absolute atomic E-state index is 0.0474. The second kappa shape index (κ2) is 7.77. The second-order valence-electron chi connectivity index (χ2n) is 6.24. The summed E-state index contributed by atoms with van der Waals surface area (Å²) in [6.07, 6.45) is 1.25. The first-order chi connectivity index (χ1) is 11.2. The summed E-state index contributed by atoms with van der Waals surface area (Å²) in [5.41, 5.74) is 0.812. The average molecular weight is 318 g/mol. The predicted octanol–water partition coefficient (Wildman–Crippen LogP) is 0.613. The summed E-state index contributed by atoms with van der Waals surface area (Å²) in [6, 6.07) is 8.11. The molecule has 23 heavy (non-hydrogen) atoms. The lowest BCUT2D eigenvalue weighted by atomic mass is 10.2. The SMILES string of the molecule is COc1ccc(NC(=O)CN2CCN(C3CCNC3)CC2)cc1. The minimum Gasteiger partial charge on any atom is -0.497 e. The number of piperazine rings is 1. The Morgan fingerprint density at radius 2 is 2.00 bits per heavy atom. The van der Waals surface area contributed by atoms with E-state index in [0.717, 1.165) is 50.7 Å². The first kappa shape index (κ1) is 16.2. The van der Waals surface area contributed by atoms with Crippen molar-refractivity contribution in [1.82, 2.24) is 15.1 Å². The molecule has 1 unspecified atom stereocenters. The molecule has 1 amide bonds. The topological polar surface area (TPSA) is 56.8 Å². The Morgan fingerprint density at radius 1 is 1.26 bits per heavy atom. The van der Waals surface area contributed by atoms with Gasteiger partial charge < -0.3 is 15.4 Å². The van der Waals surface area contributed by atoms with Crippen LogP contribution in [0.25, 0.3) is 0 Å². The van der Waals surface area contributed by atoms with Crippen LogP contribution in [0.3, 0.4) is 0 Å². The molecule has 0 aromatic heterocycles. The molecule has 2 heterocycles. The Labute approximate surface area is 137 Å². The fourth-order valence-corrected chi connectivity index (χ4v) is 3.32. The number of amides is 1. The molecule has 2 aliphatic heterocycles. The van der Waals surface area contributed by atoms with E-state index in [1.807, 2.05) is 24.3 Å². The van der Waals surface area contributed by atoms with Crippen molar-refractivity contribution in [3.8, 4) is 5.75 Å². The number of benzene rings is 1. The summed E-state index contributed by atoms with van der Waals surface area (Å²) in [6.45, 7) is 6.75. The fraction of sp³-hybridized carbons (Fsp3) is 0.588. The number of rotatable bonds is 5. The smallest absolute Gasteiger partial charge is 0.238 e.